The summed E-state index contributed by atoms with van der Waals surface area (Å²) in [4.78, 5) is 0.0561. The van der Waals surface area contributed by atoms with E-state index in [0.717, 1.165) is 22.3 Å². The Labute approximate surface area is 140 Å². The predicted octanol–water partition coefficient (Wildman–Crippen LogP) is 3.84. The van der Waals surface area contributed by atoms with E-state index in [2.05, 4.69) is 0 Å². The van der Waals surface area contributed by atoms with Gasteiger partial charge in [-0.25, -0.2) is 0 Å². The van der Waals surface area contributed by atoms with Gasteiger partial charge < -0.3 is 0 Å². The Kier molecular flexibility index (Phi) is 3.40. The molecule has 0 heterocycles. The second-order valence-corrected chi connectivity index (χ2v) is 7.47. The van der Waals surface area contributed by atoms with Gasteiger partial charge in [-0.05, 0) is 40.5 Å². The minimum Gasteiger partial charge on any atom is -0.274 e. The largest absolute Gasteiger partial charge is 0.286 e. The van der Waals surface area contributed by atoms with Crippen LogP contribution in [-0.4, -0.2) is 13.6 Å². The Morgan fingerprint density at radius 2 is 1.46 bits per heavy atom. The van der Waals surface area contributed by atoms with E-state index in [0.29, 0.717) is 16.6 Å². The Morgan fingerprint density at radius 1 is 0.792 bits per heavy atom. The molecule has 24 heavy (non-hydrogen) atoms. The minimum absolute atomic E-state index is 0.0561. The quantitative estimate of drug-likeness (QED) is 0.578. The summed E-state index contributed by atoms with van der Waals surface area (Å²) in [5.74, 6) is 0. The molecule has 0 bridgehead atoms. The van der Waals surface area contributed by atoms with Crippen molar-refractivity contribution in [2.75, 3.05) is 4.47 Å². The third-order valence-electron chi connectivity index (χ3n) is 4.30. The van der Waals surface area contributed by atoms with Crippen LogP contribution in [0.3, 0.4) is 0 Å². The van der Waals surface area contributed by atoms with Gasteiger partial charge >= 0.3 is 0 Å². The summed E-state index contributed by atoms with van der Waals surface area (Å²) in [6.45, 7) is 0. The lowest BCUT2D eigenvalue weighted by molar-refractivity contribution is 0.315. The first-order valence-electron chi connectivity index (χ1n) is 7.58. The van der Waals surface area contributed by atoms with E-state index in [1.54, 1.807) is 30.3 Å². The molecule has 120 valence electrons. The Morgan fingerprint density at radius 3 is 2.25 bits per heavy atom. The van der Waals surface area contributed by atoms with Gasteiger partial charge in [-0.2, -0.15) is 8.42 Å². The van der Waals surface area contributed by atoms with Crippen LogP contribution >= 0.6 is 0 Å². The van der Waals surface area contributed by atoms with Crippen molar-refractivity contribution in [3.05, 3.63) is 83.9 Å². The lowest BCUT2D eigenvalue weighted by Crippen LogP contribution is -2.28. The smallest absolute Gasteiger partial charge is 0.274 e. The molecule has 5 heteroatoms. The summed E-state index contributed by atoms with van der Waals surface area (Å²) in [6.07, 6.45) is 0.600. The summed E-state index contributed by atoms with van der Waals surface area (Å²) >= 11 is 0. The molecule has 0 amide bonds. The molecule has 0 saturated carbocycles. The molecule has 0 atom stereocenters. The molecule has 0 radical (unpaired) electrons. The zero-order valence-electron chi connectivity index (χ0n) is 12.8. The number of benzene rings is 3. The van der Waals surface area contributed by atoms with Crippen LogP contribution in [0.25, 0.3) is 11.1 Å². The molecule has 1 N–H and O–H groups in total. The van der Waals surface area contributed by atoms with E-state index in [-0.39, 0.29) is 4.90 Å². The van der Waals surface area contributed by atoms with Crippen molar-refractivity contribution < 1.29 is 13.6 Å². The third kappa shape index (κ3) is 2.21. The maximum atomic E-state index is 12.7. The number of hydrogen-bond donors (Lipinski definition) is 1. The molecule has 3 aromatic carbocycles. The second kappa shape index (κ2) is 5.47. The number of nitrogens with zero attached hydrogens (tertiary/aromatic N) is 1. The fraction of sp³-hybridized carbons (Fsp3) is 0.0526. The Balaban J connectivity index is 1.82. The highest BCUT2D eigenvalue weighted by Crippen LogP contribution is 2.41. The first-order chi connectivity index (χ1) is 11.6. The number of anilines is 1. The maximum Gasteiger partial charge on any atom is 0.286 e. The van der Waals surface area contributed by atoms with Crippen LogP contribution in [0.15, 0.2) is 77.7 Å². The number of hydrogen-bond acceptors (Lipinski definition) is 3. The highest BCUT2D eigenvalue weighted by molar-refractivity contribution is 7.92. The van der Waals surface area contributed by atoms with Crippen LogP contribution in [0.2, 0.25) is 0 Å². The van der Waals surface area contributed by atoms with E-state index in [1.165, 1.54) is 12.1 Å². The average Bonchev–Trinajstić information content (AvgIpc) is 3.00. The van der Waals surface area contributed by atoms with Crippen LogP contribution in [0, 0.1) is 0 Å². The lowest BCUT2D eigenvalue weighted by atomic mass is 10.1. The van der Waals surface area contributed by atoms with Crippen LogP contribution < -0.4 is 4.47 Å². The van der Waals surface area contributed by atoms with Crippen molar-refractivity contribution in [2.24, 2.45) is 0 Å². The molecule has 0 fully saturated rings. The summed E-state index contributed by atoms with van der Waals surface area (Å²) in [7, 11) is -4.01. The van der Waals surface area contributed by atoms with Gasteiger partial charge in [0.05, 0.1) is 10.6 Å². The first kappa shape index (κ1) is 14.9. The second-order valence-electron chi connectivity index (χ2n) is 5.70. The van der Waals surface area contributed by atoms with Gasteiger partial charge in [-0.3, -0.25) is 5.21 Å². The van der Waals surface area contributed by atoms with E-state index in [9.17, 15) is 13.6 Å². The molecule has 1 aliphatic carbocycles. The van der Waals surface area contributed by atoms with Crippen molar-refractivity contribution >= 4 is 15.7 Å². The molecule has 1 aliphatic rings. The van der Waals surface area contributed by atoms with Crippen molar-refractivity contribution in [3.8, 4) is 11.1 Å². The zero-order chi connectivity index (χ0) is 16.7. The SMILES string of the molecule is O=S(=O)(c1ccccc1)N(O)c1cccc2c1Cc1ccccc1-2. The van der Waals surface area contributed by atoms with Crippen molar-refractivity contribution in [1.29, 1.82) is 0 Å². The van der Waals surface area contributed by atoms with E-state index in [4.69, 9.17) is 0 Å². The lowest BCUT2D eigenvalue weighted by Gasteiger charge is -2.20. The van der Waals surface area contributed by atoms with Gasteiger partial charge in [0, 0.05) is 6.42 Å². The van der Waals surface area contributed by atoms with Gasteiger partial charge in [0.2, 0.25) is 0 Å². The van der Waals surface area contributed by atoms with Gasteiger partial charge in [0.1, 0.15) is 0 Å². The molecule has 0 saturated heterocycles. The summed E-state index contributed by atoms with van der Waals surface area (Å²) < 4.78 is 25.8. The predicted molar refractivity (Wildman–Crippen MR) is 92.6 cm³/mol. The minimum atomic E-state index is -4.01. The van der Waals surface area contributed by atoms with E-state index in [1.807, 2.05) is 30.3 Å². The number of fused-ring (bicyclic) bond motifs is 3. The molecule has 4 rings (SSSR count). The third-order valence-corrected chi connectivity index (χ3v) is 5.82. The molecule has 0 aliphatic heterocycles. The Bertz CT molecular complexity index is 1010. The fourth-order valence-corrected chi connectivity index (χ4v) is 4.27. The highest BCUT2D eigenvalue weighted by Gasteiger charge is 2.29. The molecule has 0 aromatic heterocycles. The maximum absolute atomic E-state index is 12.7. The fourth-order valence-electron chi connectivity index (χ4n) is 3.14. The van der Waals surface area contributed by atoms with Gasteiger partial charge in [-0.1, -0.05) is 54.6 Å². The molecule has 0 unspecified atom stereocenters. The number of rotatable bonds is 3. The Hall–Kier alpha value is -2.63. The molecular formula is C19H15NO3S. The topological polar surface area (TPSA) is 57.6 Å². The summed E-state index contributed by atoms with van der Waals surface area (Å²) in [6, 6.07) is 21.2. The number of sulfonamides is 1. The normalized spacial score (nSPS) is 12.5. The standard InChI is InChI=1S/C19H15NO3S/c21-20(24(22,23)15-8-2-1-3-9-15)19-12-6-11-17-16-10-5-4-7-14(16)13-18(17)19/h1-12,21H,13H2. The van der Waals surface area contributed by atoms with Crippen molar-refractivity contribution in [3.63, 3.8) is 0 Å². The van der Waals surface area contributed by atoms with Crippen LogP contribution in [0.4, 0.5) is 5.69 Å². The van der Waals surface area contributed by atoms with Gasteiger partial charge in [0.25, 0.3) is 10.0 Å². The van der Waals surface area contributed by atoms with Crippen LogP contribution in [-0.2, 0) is 16.4 Å². The average molecular weight is 337 g/mol. The van der Waals surface area contributed by atoms with E-state index >= 15 is 0 Å². The van der Waals surface area contributed by atoms with Crippen LogP contribution in [0.5, 0.6) is 0 Å². The monoisotopic (exact) mass is 337 g/mol. The van der Waals surface area contributed by atoms with Gasteiger partial charge in [-0.15, -0.1) is 4.47 Å². The van der Waals surface area contributed by atoms with Crippen molar-refractivity contribution in [2.45, 2.75) is 11.3 Å². The molecule has 3 aromatic rings. The summed E-state index contributed by atoms with van der Waals surface area (Å²) in [5.41, 5.74) is 4.30. The summed E-state index contributed by atoms with van der Waals surface area (Å²) in [5, 5.41) is 10.5. The molecular weight excluding hydrogens is 322 g/mol. The molecule has 4 nitrogen and oxygen atoms in total. The van der Waals surface area contributed by atoms with E-state index < -0.39 is 10.0 Å². The van der Waals surface area contributed by atoms with Gasteiger partial charge in [0.15, 0.2) is 0 Å². The highest BCUT2D eigenvalue weighted by atomic mass is 32.2. The van der Waals surface area contributed by atoms with Crippen molar-refractivity contribution in [1.82, 2.24) is 0 Å². The first-order valence-corrected chi connectivity index (χ1v) is 9.02. The van der Waals surface area contributed by atoms with Crippen LogP contribution in [0.1, 0.15) is 11.1 Å². The molecule has 0 spiro atoms. The zero-order valence-corrected chi connectivity index (χ0v) is 13.6.